The topological polar surface area (TPSA) is 61.0 Å². The Hall–Kier alpha value is -1.53. The van der Waals surface area contributed by atoms with Crippen LogP contribution < -0.4 is 10.5 Å². The van der Waals surface area contributed by atoms with E-state index in [1.165, 1.54) is 4.88 Å². The van der Waals surface area contributed by atoms with Crippen molar-refractivity contribution in [2.75, 3.05) is 6.61 Å². The molecule has 0 fully saturated rings. The monoisotopic (exact) mass is 293 g/mol. The number of thiazole rings is 1. The Kier molecular flexibility index (Phi) is 4.44. The maximum absolute atomic E-state index is 5.71. The number of aromatic nitrogens is 2. The molecule has 0 bridgehead atoms. The normalized spacial score (nSPS) is 10.4. The van der Waals surface area contributed by atoms with E-state index < -0.39 is 0 Å². The molecule has 6 heteroatoms. The fourth-order valence-electron chi connectivity index (χ4n) is 1.75. The van der Waals surface area contributed by atoms with Gasteiger partial charge in [-0.05, 0) is 25.5 Å². The number of ether oxygens (including phenoxy) is 1. The van der Waals surface area contributed by atoms with Crippen molar-refractivity contribution in [2.24, 2.45) is 5.73 Å². The van der Waals surface area contributed by atoms with Crippen LogP contribution in [0, 0.1) is 13.8 Å². The van der Waals surface area contributed by atoms with E-state index >= 15 is 0 Å². The van der Waals surface area contributed by atoms with Gasteiger partial charge in [-0.2, -0.15) is 0 Å². The van der Waals surface area contributed by atoms with Gasteiger partial charge in [-0.15, -0.1) is 11.3 Å². The number of thiocarbonyl (C=S) groups is 1. The molecule has 0 aliphatic carbocycles. The molecule has 19 heavy (non-hydrogen) atoms. The summed E-state index contributed by atoms with van der Waals surface area (Å²) in [5.41, 5.74) is 10.3. The fraction of sp³-hybridized carbons (Fsp3) is 0.308. The highest BCUT2D eigenvalue weighted by Gasteiger charge is 2.11. The Morgan fingerprint density at radius 3 is 2.84 bits per heavy atom. The first-order chi connectivity index (χ1) is 9.09. The van der Waals surface area contributed by atoms with Gasteiger partial charge in [-0.1, -0.05) is 12.2 Å². The van der Waals surface area contributed by atoms with Crippen LogP contribution in [0.25, 0.3) is 0 Å². The predicted molar refractivity (Wildman–Crippen MR) is 80.9 cm³/mol. The Bertz CT molecular complexity index is 595. The standard InChI is InChI=1S/C13H15N3OS2/c1-8-3-5-15-13(11(8)12(14)18)17-6-4-10-9(2)16-7-19-10/h3,5,7H,4,6H2,1-2H3,(H2,14,18). The van der Waals surface area contributed by atoms with E-state index in [1.807, 2.05) is 25.4 Å². The van der Waals surface area contributed by atoms with Crippen molar-refractivity contribution in [2.45, 2.75) is 20.3 Å². The number of nitrogens with two attached hydrogens (primary N) is 1. The maximum Gasteiger partial charge on any atom is 0.223 e. The Labute approximate surface area is 121 Å². The van der Waals surface area contributed by atoms with Gasteiger partial charge in [-0.25, -0.2) is 9.97 Å². The van der Waals surface area contributed by atoms with Crippen molar-refractivity contribution >= 4 is 28.5 Å². The largest absolute Gasteiger partial charge is 0.477 e. The van der Waals surface area contributed by atoms with Crippen LogP contribution in [0.2, 0.25) is 0 Å². The fourth-order valence-corrected chi connectivity index (χ4v) is 2.76. The summed E-state index contributed by atoms with van der Waals surface area (Å²) in [6.07, 6.45) is 2.51. The SMILES string of the molecule is Cc1ccnc(OCCc2scnc2C)c1C(N)=S. The Morgan fingerprint density at radius 2 is 2.21 bits per heavy atom. The second-order valence-electron chi connectivity index (χ2n) is 4.13. The van der Waals surface area contributed by atoms with Crippen molar-refractivity contribution in [1.29, 1.82) is 0 Å². The molecule has 2 heterocycles. The molecule has 0 radical (unpaired) electrons. The van der Waals surface area contributed by atoms with Crippen LogP contribution in [0.5, 0.6) is 5.88 Å². The van der Waals surface area contributed by atoms with Gasteiger partial charge in [0, 0.05) is 17.5 Å². The van der Waals surface area contributed by atoms with Crippen LogP contribution in [-0.4, -0.2) is 21.6 Å². The van der Waals surface area contributed by atoms with E-state index in [0.717, 1.165) is 23.2 Å². The zero-order chi connectivity index (χ0) is 13.8. The first-order valence-electron chi connectivity index (χ1n) is 5.86. The molecule has 0 unspecified atom stereocenters. The van der Waals surface area contributed by atoms with Gasteiger partial charge < -0.3 is 10.5 Å². The van der Waals surface area contributed by atoms with Gasteiger partial charge in [0.15, 0.2) is 0 Å². The highest BCUT2D eigenvalue weighted by Crippen LogP contribution is 2.20. The smallest absolute Gasteiger partial charge is 0.223 e. The van der Waals surface area contributed by atoms with Gasteiger partial charge in [0.2, 0.25) is 5.88 Å². The van der Waals surface area contributed by atoms with Gasteiger partial charge in [0.1, 0.15) is 4.99 Å². The number of hydrogen-bond acceptors (Lipinski definition) is 5. The molecule has 4 nitrogen and oxygen atoms in total. The van der Waals surface area contributed by atoms with E-state index in [2.05, 4.69) is 9.97 Å². The Morgan fingerprint density at radius 1 is 1.42 bits per heavy atom. The lowest BCUT2D eigenvalue weighted by atomic mass is 10.1. The average molecular weight is 293 g/mol. The van der Waals surface area contributed by atoms with Crippen LogP contribution >= 0.6 is 23.6 Å². The number of aryl methyl sites for hydroxylation is 2. The average Bonchev–Trinajstić information content (AvgIpc) is 2.75. The molecule has 100 valence electrons. The van der Waals surface area contributed by atoms with Crippen molar-refractivity contribution < 1.29 is 4.74 Å². The van der Waals surface area contributed by atoms with E-state index in [4.69, 9.17) is 22.7 Å². The summed E-state index contributed by atoms with van der Waals surface area (Å²) in [5, 5.41) is 0. The van der Waals surface area contributed by atoms with Gasteiger partial charge in [0.25, 0.3) is 0 Å². The number of rotatable bonds is 5. The third kappa shape index (κ3) is 3.27. The summed E-state index contributed by atoms with van der Waals surface area (Å²) in [6.45, 7) is 4.47. The first kappa shape index (κ1) is 13.9. The quantitative estimate of drug-likeness (QED) is 0.858. The first-order valence-corrected chi connectivity index (χ1v) is 7.15. The molecule has 0 saturated heterocycles. The zero-order valence-electron chi connectivity index (χ0n) is 10.8. The minimum absolute atomic E-state index is 0.314. The summed E-state index contributed by atoms with van der Waals surface area (Å²) >= 11 is 6.67. The van der Waals surface area contributed by atoms with Crippen LogP contribution in [0.3, 0.4) is 0 Å². The van der Waals surface area contributed by atoms with Crippen molar-refractivity contribution in [1.82, 2.24) is 9.97 Å². The Balaban J connectivity index is 2.06. The van der Waals surface area contributed by atoms with Gasteiger partial charge in [0.05, 0.1) is 23.4 Å². The molecule has 0 aliphatic heterocycles. The molecule has 2 aromatic rings. The molecule has 0 saturated carbocycles. The van der Waals surface area contributed by atoms with Crippen LogP contribution in [-0.2, 0) is 6.42 Å². The van der Waals surface area contributed by atoms with Crippen molar-refractivity contribution in [3.63, 3.8) is 0 Å². The third-order valence-corrected chi connectivity index (χ3v) is 3.98. The summed E-state index contributed by atoms with van der Waals surface area (Å²) in [4.78, 5) is 9.95. The van der Waals surface area contributed by atoms with Crippen LogP contribution in [0.1, 0.15) is 21.7 Å². The van der Waals surface area contributed by atoms with Gasteiger partial charge in [-0.3, -0.25) is 0 Å². The second kappa shape index (κ2) is 6.08. The molecular weight excluding hydrogens is 278 g/mol. The maximum atomic E-state index is 5.71. The van der Waals surface area contributed by atoms with Crippen LogP contribution in [0.15, 0.2) is 17.8 Å². The van der Waals surface area contributed by atoms with Crippen molar-refractivity contribution in [3.05, 3.63) is 39.5 Å². The minimum atomic E-state index is 0.314. The minimum Gasteiger partial charge on any atom is -0.477 e. The van der Waals surface area contributed by atoms with E-state index in [0.29, 0.717) is 17.5 Å². The van der Waals surface area contributed by atoms with Crippen LogP contribution in [0.4, 0.5) is 0 Å². The highest BCUT2D eigenvalue weighted by atomic mass is 32.1. The number of hydrogen-bond donors (Lipinski definition) is 1. The van der Waals surface area contributed by atoms with E-state index in [9.17, 15) is 0 Å². The molecule has 2 rings (SSSR count). The molecule has 0 atom stereocenters. The lowest BCUT2D eigenvalue weighted by Gasteiger charge is -2.11. The summed E-state index contributed by atoms with van der Waals surface area (Å²) < 4.78 is 5.71. The lowest BCUT2D eigenvalue weighted by Crippen LogP contribution is -2.15. The predicted octanol–water partition coefficient (Wildman–Crippen LogP) is 2.41. The number of pyridine rings is 1. The van der Waals surface area contributed by atoms with Gasteiger partial charge >= 0.3 is 0 Å². The van der Waals surface area contributed by atoms with E-state index in [1.54, 1.807) is 17.5 Å². The second-order valence-corrected chi connectivity index (χ2v) is 5.51. The summed E-state index contributed by atoms with van der Waals surface area (Å²) in [6, 6.07) is 1.87. The third-order valence-electron chi connectivity index (χ3n) is 2.78. The summed E-state index contributed by atoms with van der Waals surface area (Å²) in [5.74, 6) is 0.509. The molecule has 0 aromatic carbocycles. The molecular formula is C13H15N3OS2. The molecule has 0 amide bonds. The lowest BCUT2D eigenvalue weighted by molar-refractivity contribution is 0.309. The molecule has 2 N–H and O–H groups in total. The highest BCUT2D eigenvalue weighted by molar-refractivity contribution is 7.80. The molecule has 0 aliphatic rings. The molecule has 0 spiro atoms. The molecule has 2 aromatic heterocycles. The van der Waals surface area contributed by atoms with E-state index in [-0.39, 0.29) is 0 Å². The number of nitrogens with zero attached hydrogens (tertiary/aromatic N) is 2. The zero-order valence-corrected chi connectivity index (χ0v) is 12.5. The summed E-state index contributed by atoms with van der Waals surface area (Å²) in [7, 11) is 0. The van der Waals surface area contributed by atoms with Crippen molar-refractivity contribution in [3.8, 4) is 5.88 Å².